The summed E-state index contributed by atoms with van der Waals surface area (Å²) < 4.78 is 0. The second-order valence-electron chi connectivity index (χ2n) is 3.50. The lowest BCUT2D eigenvalue weighted by atomic mass is 10.2. The Balaban J connectivity index is 3.71. The van der Waals surface area contributed by atoms with Crippen LogP contribution in [-0.4, -0.2) is 53.4 Å². The molecule has 0 spiro atoms. The topological polar surface area (TPSA) is 98.7 Å². The van der Waals surface area contributed by atoms with E-state index in [1.165, 1.54) is 0 Å². The molecule has 0 heterocycles. The molecule has 0 rings (SSSR count). The molecule has 100 valence electrons. The highest BCUT2D eigenvalue weighted by Crippen LogP contribution is 1.97. The molecule has 2 amide bonds. The normalized spacial score (nSPS) is 11.9. The van der Waals surface area contributed by atoms with E-state index in [0.717, 1.165) is 18.6 Å². The van der Waals surface area contributed by atoms with E-state index in [-0.39, 0.29) is 13.0 Å². The van der Waals surface area contributed by atoms with Crippen LogP contribution in [0.15, 0.2) is 0 Å². The van der Waals surface area contributed by atoms with Gasteiger partial charge in [0.15, 0.2) is 0 Å². The van der Waals surface area contributed by atoms with E-state index < -0.39 is 18.0 Å². The minimum atomic E-state index is -1.14. The number of carboxylic acids is 1. The van der Waals surface area contributed by atoms with Gasteiger partial charge in [-0.3, -0.25) is 0 Å². The van der Waals surface area contributed by atoms with E-state index in [4.69, 9.17) is 10.2 Å². The minimum Gasteiger partial charge on any atom is -0.480 e. The first kappa shape index (κ1) is 16.1. The Labute approximate surface area is 105 Å². The zero-order valence-electron chi connectivity index (χ0n) is 9.94. The number of hydrogen-bond acceptors (Lipinski definition) is 4. The average molecular weight is 264 g/mol. The van der Waals surface area contributed by atoms with Gasteiger partial charge in [0.2, 0.25) is 0 Å². The number of carboxylic acid groups (broad SMARTS) is 1. The van der Waals surface area contributed by atoms with Crippen molar-refractivity contribution >= 4 is 23.8 Å². The molecule has 0 unspecified atom stereocenters. The average Bonchev–Trinajstić information content (AvgIpc) is 2.28. The maximum atomic E-state index is 11.3. The number of amides is 2. The fourth-order valence-electron chi connectivity index (χ4n) is 1.17. The standard InChI is InChI=1S/C10H20N2O4S/c1-17-7-3-2-5-11-10(16)12-8(4-6-13)9(14)15/h8,13H,2-7H2,1H3,(H,14,15)(H2,11,12,16)/t8-/m0/s1. The first-order valence-corrected chi connectivity index (χ1v) is 6.88. The molecule has 0 aliphatic rings. The number of urea groups is 1. The predicted octanol–water partition coefficient (Wildman–Crippen LogP) is 0.264. The number of carbonyl (C=O) groups is 2. The third-order valence-corrected chi connectivity index (χ3v) is 2.78. The van der Waals surface area contributed by atoms with E-state index >= 15 is 0 Å². The lowest BCUT2D eigenvalue weighted by Gasteiger charge is -2.13. The molecule has 4 N–H and O–H groups in total. The maximum absolute atomic E-state index is 11.3. The van der Waals surface area contributed by atoms with Gasteiger partial charge in [-0.2, -0.15) is 11.8 Å². The Kier molecular flexibility index (Phi) is 9.65. The summed E-state index contributed by atoms with van der Waals surface area (Å²) in [5.41, 5.74) is 0. The van der Waals surface area contributed by atoms with Gasteiger partial charge in [-0.1, -0.05) is 0 Å². The van der Waals surface area contributed by atoms with Crippen LogP contribution in [0.25, 0.3) is 0 Å². The van der Waals surface area contributed by atoms with Crippen molar-refractivity contribution < 1.29 is 19.8 Å². The number of carbonyl (C=O) groups excluding carboxylic acids is 1. The van der Waals surface area contributed by atoms with Crippen LogP contribution in [0.3, 0.4) is 0 Å². The molecule has 7 heteroatoms. The number of aliphatic carboxylic acids is 1. The molecule has 0 aromatic carbocycles. The van der Waals surface area contributed by atoms with Crippen molar-refractivity contribution in [3.05, 3.63) is 0 Å². The monoisotopic (exact) mass is 264 g/mol. The summed E-state index contributed by atoms with van der Waals surface area (Å²) in [5.74, 6) is -0.0949. The molecule has 6 nitrogen and oxygen atoms in total. The second-order valence-corrected chi connectivity index (χ2v) is 4.49. The molecule has 0 saturated carbocycles. The Hall–Kier alpha value is -0.950. The van der Waals surface area contributed by atoms with Gasteiger partial charge < -0.3 is 20.8 Å². The van der Waals surface area contributed by atoms with Gasteiger partial charge in [0.1, 0.15) is 6.04 Å². The van der Waals surface area contributed by atoms with Crippen LogP contribution in [0.4, 0.5) is 4.79 Å². The number of aliphatic hydroxyl groups excluding tert-OH is 1. The number of unbranched alkanes of at least 4 members (excludes halogenated alkanes) is 1. The van der Waals surface area contributed by atoms with Crippen molar-refractivity contribution in [1.29, 1.82) is 0 Å². The third kappa shape index (κ3) is 8.82. The second kappa shape index (κ2) is 10.2. The van der Waals surface area contributed by atoms with Crippen molar-refractivity contribution in [3.8, 4) is 0 Å². The van der Waals surface area contributed by atoms with Gasteiger partial charge in [-0.15, -0.1) is 0 Å². The minimum absolute atomic E-state index is 0.00915. The Morgan fingerprint density at radius 3 is 2.59 bits per heavy atom. The molecular weight excluding hydrogens is 244 g/mol. The predicted molar refractivity (Wildman–Crippen MR) is 67.3 cm³/mol. The summed E-state index contributed by atoms with van der Waals surface area (Å²) in [6.45, 7) is 0.253. The molecule has 0 saturated heterocycles. The molecule has 0 aromatic rings. The van der Waals surface area contributed by atoms with Crippen molar-refractivity contribution in [3.63, 3.8) is 0 Å². The van der Waals surface area contributed by atoms with E-state index in [2.05, 4.69) is 10.6 Å². The molecule has 1 atom stereocenters. The number of nitrogens with one attached hydrogen (secondary N) is 2. The number of rotatable bonds is 9. The van der Waals surface area contributed by atoms with E-state index in [1.54, 1.807) is 11.8 Å². The summed E-state index contributed by atoms with van der Waals surface area (Å²) in [6, 6.07) is -1.54. The quantitative estimate of drug-likeness (QED) is 0.448. The smallest absolute Gasteiger partial charge is 0.326 e. The molecular formula is C10H20N2O4S. The summed E-state index contributed by atoms with van der Waals surface area (Å²) in [7, 11) is 0. The molecule has 0 bridgehead atoms. The molecule has 0 fully saturated rings. The Morgan fingerprint density at radius 1 is 1.35 bits per heavy atom. The summed E-state index contributed by atoms with van der Waals surface area (Å²) in [5, 5.41) is 22.2. The fraction of sp³-hybridized carbons (Fsp3) is 0.800. The van der Waals surface area contributed by atoms with Crippen LogP contribution in [-0.2, 0) is 4.79 Å². The highest BCUT2D eigenvalue weighted by atomic mass is 32.2. The first-order valence-electron chi connectivity index (χ1n) is 5.48. The van der Waals surface area contributed by atoms with Gasteiger partial charge in [0.05, 0.1) is 0 Å². The van der Waals surface area contributed by atoms with E-state index in [9.17, 15) is 9.59 Å². The molecule has 0 aliphatic carbocycles. The fourth-order valence-corrected chi connectivity index (χ4v) is 1.66. The SMILES string of the molecule is CSCCCCNC(=O)N[C@@H](CCO)C(=O)O. The highest BCUT2D eigenvalue weighted by molar-refractivity contribution is 7.98. The van der Waals surface area contributed by atoms with E-state index in [0.29, 0.717) is 6.54 Å². The molecule has 0 aromatic heterocycles. The zero-order valence-corrected chi connectivity index (χ0v) is 10.8. The van der Waals surface area contributed by atoms with Crippen molar-refractivity contribution in [2.24, 2.45) is 0 Å². The molecule has 0 radical (unpaired) electrons. The number of hydrogen-bond donors (Lipinski definition) is 4. The summed E-state index contributed by atoms with van der Waals surface area (Å²) >= 11 is 1.75. The maximum Gasteiger partial charge on any atom is 0.326 e. The largest absolute Gasteiger partial charge is 0.480 e. The van der Waals surface area contributed by atoms with E-state index in [1.807, 2.05) is 6.26 Å². The van der Waals surface area contributed by atoms with Crippen LogP contribution >= 0.6 is 11.8 Å². The number of thioether (sulfide) groups is 1. The van der Waals surface area contributed by atoms with Crippen LogP contribution < -0.4 is 10.6 Å². The van der Waals surface area contributed by atoms with Gasteiger partial charge in [-0.25, -0.2) is 9.59 Å². The Bertz CT molecular complexity index is 238. The van der Waals surface area contributed by atoms with Gasteiger partial charge in [-0.05, 0) is 24.9 Å². The highest BCUT2D eigenvalue weighted by Gasteiger charge is 2.18. The number of aliphatic hydroxyl groups is 1. The van der Waals surface area contributed by atoms with Crippen LogP contribution in [0.5, 0.6) is 0 Å². The van der Waals surface area contributed by atoms with Crippen LogP contribution in [0.2, 0.25) is 0 Å². The van der Waals surface area contributed by atoms with Crippen LogP contribution in [0, 0.1) is 0 Å². The van der Waals surface area contributed by atoms with Gasteiger partial charge >= 0.3 is 12.0 Å². The van der Waals surface area contributed by atoms with Crippen molar-refractivity contribution in [2.45, 2.75) is 25.3 Å². The summed E-state index contributed by atoms with van der Waals surface area (Å²) in [4.78, 5) is 22.0. The van der Waals surface area contributed by atoms with Crippen molar-refractivity contribution in [1.82, 2.24) is 10.6 Å². The molecule has 0 aliphatic heterocycles. The Morgan fingerprint density at radius 2 is 2.06 bits per heavy atom. The van der Waals surface area contributed by atoms with Gasteiger partial charge in [0.25, 0.3) is 0 Å². The zero-order chi connectivity index (χ0) is 13.1. The van der Waals surface area contributed by atoms with Crippen molar-refractivity contribution in [2.75, 3.05) is 25.2 Å². The van der Waals surface area contributed by atoms with Crippen LogP contribution in [0.1, 0.15) is 19.3 Å². The van der Waals surface area contributed by atoms with Gasteiger partial charge in [0, 0.05) is 19.6 Å². The third-order valence-electron chi connectivity index (χ3n) is 2.08. The lowest BCUT2D eigenvalue weighted by Crippen LogP contribution is -2.46. The lowest BCUT2D eigenvalue weighted by molar-refractivity contribution is -0.139. The first-order chi connectivity index (χ1) is 8.11. The summed E-state index contributed by atoms with van der Waals surface area (Å²) in [6.07, 6.45) is 3.91. The molecule has 17 heavy (non-hydrogen) atoms.